The summed E-state index contributed by atoms with van der Waals surface area (Å²) in [7, 11) is -2.05. The fourth-order valence-corrected chi connectivity index (χ4v) is 7.35. The molecule has 0 aromatic heterocycles. The largest absolute Gasteiger partial charge is 0.495 e. The average molecular weight is 626 g/mol. The van der Waals surface area contributed by atoms with Crippen molar-refractivity contribution >= 4 is 25.7 Å². The summed E-state index contributed by atoms with van der Waals surface area (Å²) in [5.41, 5.74) is 1.36. The van der Waals surface area contributed by atoms with Gasteiger partial charge in [-0.05, 0) is 54.4 Å². The number of nitrogens with zero attached hydrogens (tertiary/aromatic N) is 3. The van der Waals surface area contributed by atoms with E-state index in [1.807, 2.05) is 11.0 Å². The molecular weight excluding hydrogens is 592 g/mol. The van der Waals surface area contributed by atoms with Crippen molar-refractivity contribution in [3.05, 3.63) is 71.8 Å². The molecule has 228 valence electrons. The number of ether oxygens (including phenoxy) is 3. The van der Waals surface area contributed by atoms with Gasteiger partial charge in [-0.1, -0.05) is 6.07 Å². The summed E-state index contributed by atoms with van der Waals surface area (Å²) in [6, 6.07) is 12.3. The number of benzene rings is 3. The van der Waals surface area contributed by atoms with E-state index in [0.717, 1.165) is 22.0 Å². The molecule has 0 spiro atoms. The fourth-order valence-electron chi connectivity index (χ4n) is 4.69. The third kappa shape index (κ3) is 6.46. The van der Waals surface area contributed by atoms with E-state index < -0.39 is 36.6 Å². The van der Waals surface area contributed by atoms with Gasteiger partial charge in [0.15, 0.2) is 11.5 Å². The standard InChI is InChI=1S/C28H33F2N3O7S2/c1-31(12-11-20-5-8-26(39-3)27(17-20)40-4)41(34,35)22-7-9-25(38-2)24(19-22)32-13-15-33(16-14-32)42(36,37)28-10-6-21(29)18-23(28)30/h5-10,17-19H,11-16H2,1-4H3. The predicted octanol–water partition coefficient (Wildman–Crippen LogP) is 3.36. The van der Waals surface area contributed by atoms with Crippen LogP contribution in [0.1, 0.15) is 5.56 Å². The molecule has 1 aliphatic rings. The van der Waals surface area contributed by atoms with E-state index in [-0.39, 0.29) is 37.6 Å². The Balaban J connectivity index is 1.49. The van der Waals surface area contributed by atoms with Crippen molar-refractivity contribution in [3.63, 3.8) is 0 Å². The Labute approximate surface area is 245 Å². The van der Waals surface area contributed by atoms with Gasteiger partial charge in [0.05, 0.1) is 31.9 Å². The van der Waals surface area contributed by atoms with Crippen LogP contribution < -0.4 is 19.1 Å². The van der Waals surface area contributed by atoms with E-state index in [1.54, 1.807) is 18.2 Å². The lowest BCUT2D eigenvalue weighted by molar-refractivity contribution is 0.354. The molecule has 10 nitrogen and oxygen atoms in total. The maximum Gasteiger partial charge on any atom is 0.246 e. The highest BCUT2D eigenvalue weighted by atomic mass is 32.2. The number of halogens is 2. The lowest BCUT2D eigenvalue weighted by Crippen LogP contribution is -2.49. The Kier molecular flexibility index (Phi) is 9.60. The van der Waals surface area contributed by atoms with Crippen molar-refractivity contribution in [2.24, 2.45) is 0 Å². The normalized spacial score (nSPS) is 14.7. The highest BCUT2D eigenvalue weighted by molar-refractivity contribution is 7.89. The maximum atomic E-state index is 14.2. The Morgan fingerprint density at radius 3 is 2.05 bits per heavy atom. The molecule has 3 aromatic rings. The van der Waals surface area contributed by atoms with Crippen molar-refractivity contribution in [2.45, 2.75) is 16.2 Å². The van der Waals surface area contributed by atoms with Crippen LogP contribution in [0, 0.1) is 11.6 Å². The predicted molar refractivity (Wildman–Crippen MR) is 153 cm³/mol. The number of hydrogen-bond acceptors (Lipinski definition) is 8. The van der Waals surface area contributed by atoms with Gasteiger partial charge in [0.25, 0.3) is 0 Å². The quantitative estimate of drug-likeness (QED) is 0.320. The molecule has 1 saturated heterocycles. The zero-order valence-corrected chi connectivity index (χ0v) is 25.3. The van der Waals surface area contributed by atoms with Gasteiger partial charge in [0, 0.05) is 45.8 Å². The lowest BCUT2D eigenvalue weighted by Gasteiger charge is -2.36. The second-order valence-electron chi connectivity index (χ2n) is 9.57. The van der Waals surface area contributed by atoms with Crippen LogP contribution in [0.2, 0.25) is 0 Å². The van der Waals surface area contributed by atoms with Crippen LogP contribution in [0.4, 0.5) is 14.5 Å². The van der Waals surface area contributed by atoms with Gasteiger partial charge in [0.2, 0.25) is 20.0 Å². The molecule has 1 fully saturated rings. The summed E-state index contributed by atoms with van der Waals surface area (Å²) >= 11 is 0. The monoisotopic (exact) mass is 625 g/mol. The minimum atomic E-state index is -4.19. The summed E-state index contributed by atoms with van der Waals surface area (Å²) in [5, 5.41) is 0. The molecule has 0 atom stereocenters. The van der Waals surface area contributed by atoms with Crippen LogP contribution >= 0.6 is 0 Å². The number of piperazine rings is 1. The molecule has 14 heteroatoms. The smallest absolute Gasteiger partial charge is 0.246 e. The van der Waals surface area contributed by atoms with Crippen LogP contribution in [0.25, 0.3) is 0 Å². The van der Waals surface area contributed by atoms with Gasteiger partial charge in [-0.2, -0.15) is 4.31 Å². The van der Waals surface area contributed by atoms with Gasteiger partial charge in [-0.3, -0.25) is 0 Å². The molecule has 0 aliphatic carbocycles. The summed E-state index contributed by atoms with van der Waals surface area (Å²) < 4.78 is 98.9. The molecule has 42 heavy (non-hydrogen) atoms. The number of hydrogen-bond donors (Lipinski definition) is 0. The molecule has 0 radical (unpaired) electrons. The average Bonchev–Trinajstić information content (AvgIpc) is 2.99. The first kappa shape index (κ1) is 31.5. The number of sulfonamides is 2. The van der Waals surface area contributed by atoms with Gasteiger partial charge >= 0.3 is 0 Å². The first-order valence-corrected chi connectivity index (χ1v) is 15.9. The zero-order valence-electron chi connectivity index (χ0n) is 23.7. The van der Waals surface area contributed by atoms with E-state index in [2.05, 4.69) is 0 Å². The van der Waals surface area contributed by atoms with E-state index >= 15 is 0 Å². The van der Waals surface area contributed by atoms with E-state index in [4.69, 9.17) is 14.2 Å². The molecule has 0 unspecified atom stereocenters. The zero-order chi connectivity index (χ0) is 30.7. The van der Waals surface area contributed by atoms with Crippen molar-refractivity contribution in [1.82, 2.24) is 8.61 Å². The summed E-state index contributed by atoms with van der Waals surface area (Å²) in [4.78, 5) is 1.27. The van der Waals surface area contributed by atoms with Crippen LogP contribution in [-0.2, 0) is 26.5 Å². The molecule has 4 rings (SSSR count). The van der Waals surface area contributed by atoms with Gasteiger partial charge in [-0.15, -0.1) is 0 Å². The molecule has 1 heterocycles. The number of methoxy groups -OCH3 is 3. The van der Waals surface area contributed by atoms with Crippen molar-refractivity contribution in [3.8, 4) is 17.2 Å². The second kappa shape index (κ2) is 12.8. The Morgan fingerprint density at radius 2 is 1.43 bits per heavy atom. The van der Waals surface area contributed by atoms with E-state index in [1.165, 1.54) is 44.8 Å². The number of rotatable bonds is 11. The number of anilines is 1. The van der Waals surface area contributed by atoms with Gasteiger partial charge in [-0.25, -0.2) is 29.9 Å². The Bertz CT molecular complexity index is 1650. The first-order chi connectivity index (χ1) is 19.9. The Morgan fingerprint density at radius 1 is 0.786 bits per heavy atom. The third-order valence-corrected chi connectivity index (χ3v) is 10.9. The highest BCUT2D eigenvalue weighted by Gasteiger charge is 2.32. The van der Waals surface area contributed by atoms with E-state index in [0.29, 0.717) is 35.4 Å². The van der Waals surface area contributed by atoms with Crippen molar-refractivity contribution in [2.75, 3.05) is 66.0 Å². The van der Waals surface area contributed by atoms with Crippen LogP contribution in [0.15, 0.2) is 64.4 Å². The fraction of sp³-hybridized carbons (Fsp3) is 0.357. The molecule has 0 saturated carbocycles. The van der Waals surface area contributed by atoms with Gasteiger partial charge < -0.3 is 19.1 Å². The summed E-state index contributed by atoms with van der Waals surface area (Å²) in [6.45, 7) is 0.596. The number of likely N-dealkylation sites (N-methyl/N-ethyl adjacent to an activating group) is 1. The second-order valence-corrected chi connectivity index (χ2v) is 13.5. The first-order valence-electron chi connectivity index (χ1n) is 13.0. The van der Waals surface area contributed by atoms with Gasteiger partial charge in [0.1, 0.15) is 22.3 Å². The van der Waals surface area contributed by atoms with Crippen molar-refractivity contribution in [1.29, 1.82) is 0 Å². The summed E-state index contributed by atoms with van der Waals surface area (Å²) in [6.07, 6.45) is 0.435. The molecule has 1 aliphatic heterocycles. The van der Waals surface area contributed by atoms with Crippen LogP contribution in [0.3, 0.4) is 0 Å². The minimum Gasteiger partial charge on any atom is -0.495 e. The Hall–Kier alpha value is -3.46. The van der Waals surface area contributed by atoms with Crippen LogP contribution in [-0.4, -0.2) is 86.5 Å². The maximum absolute atomic E-state index is 14.2. The minimum absolute atomic E-state index is 0.00447. The van der Waals surface area contributed by atoms with Crippen LogP contribution in [0.5, 0.6) is 17.2 Å². The highest BCUT2D eigenvalue weighted by Crippen LogP contribution is 2.34. The molecule has 3 aromatic carbocycles. The third-order valence-electron chi connectivity index (χ3n) is 7.11. The topological polar surface area (TPSA) is 106 Å². The molecule has 0 N–H and O–H groups in total. The van der Waals surface area contributed by atoms with Crippen molar-refractivity contribution < 1.29 is 39.8 Å². The van der Waals surface area contributed by atoms with E-state index in [9.17, 15) is 25.6 Å². The SMILES string of the molecule is COc1ccc(CCN(C)S(=O)(=O)c2ccc(OC)c(N3CCN(S(=O)(=O)c4ccc(F)cc4F)CC3)c2)cc1OC. The summed E-state index contributed by atoms with van der Waals surface area (Å²) in [5.74, 6) is -0.482. The molecule has 0 bridgehead atoms. The molecule has 0 amide bonds. The lowest BCUT2D eigenvalue weighted by atomic mass is 10.1. The molecular formula is C28H33F2N3O7S2.